The minimum atomic E-state index is -3.55. The molecule has 7 heteroatoms. The normalized spacial score (nSPS) is 20.8. The molecule has 0 aliphatic carbocycles. The Labute approximate surface area is 136 Å². The molecule has 1 N–H and O–H groups in total. The molecular weight excluding hydrogens is 316 g/mol. The molecule has 1 aromatic carbocycles. The number of rotatable bonds is 3. The lowest BCUT2D eigenvalue weighted by Crippen LogP contribution is -2.40. The van der Waals surface area contributed by atoms with E-state index in [0.717, 1.165) is 25.9 Å². The monoisotopic (exact) mass is 338 g/mol. The van der Waals surface area contributed by atoms with Crippen LogP contribution in [0.2, 0.25) is 0 Å². The highest BCUT2D eigenvalue weighted by molar-refractivity contribution is 7.89. The van der Waals surface area contributed by atoms with Crippen LogP contribution in [0.15, 0.2) is 29.2 Å². The summed E-state index contributed by atoms with van der Waals surface area (Å²) in [5.41, 5.74) is 0.528. The third-order valence-electron chi connectivity index (χ3n) is 4.56. The zero-order valence-corrected chi connectivity index (χ0v) is 13.8. The van der Waals surface area contributed by atoms with Crippen LogP contribution in [0.1, 0.15) is 36.0 Å². The fourth-order valence-electron chi connectivity index (χ4n) is 3.10. The Balaban J connectivity index is 1.74. The van der Waals surface area contributed by atoms with E-state index in [1.807, 2.05) is 0 Å². The van der Waals surface area contributed by atoms with Crippen LogP contribution in [0, 0.1) is 0 Å². The Hall–Kier alpha value is -1.44. The van der Waals surface area contributed by atoms with Crippen LogP contribution in [0.4, 0.5) is 0 Å². The number of benzene rings is 1. The second-order valence-corrected chi connectivity index (χ2v) is 8.10. The Morgan fingerprint density at radius 2 is 1.57 bits per heavy atom. The number of hydrogen-bond donors (Lipinski definition) is 1. The van der Waals surface area contributed by atoms with Crippen molar-refractivity contribution in [3.05, 3.63) is 29.8 Å². The van der Waals surface area contributed by atoms with Gasteiger partial charge in [0.25, 0.3) is 5.91 Å². The van der Waals surface area contributed by atoms with Crippen LogP contribution in [-0.2, 0) is 10.0 Å². The molecule has 0 spiro atoms. The average Bonchev–Trinajstić information content (AvgIpc) is 3.09. The van der Waals surface area contributed by atoms with Gasteiger partial charge in [0, 0.05) is 31.7 Å². The molecule has 2 heterocycles. The highest BCUT2D eigenvalue weighted by Gasteiger charge is 2.29. The molecule has 6 nitrogen and oxygen atoms in total. The number of sulfonamides is 1. The Bertz CT molecular complexity index is 658. The molecule has 2 aliphatic rings. The van der Waals surface area contributed by atoms with Crippen molar-refractivity contribution in [2.24, 2.45) is 0 Å². The van der Waals surface area contributed by atoms with Gasteiger partial charge in [-0.15, -0.1) is 0 Å². The van der Waals surface area contributed by atoms with Crippen molar-refractivity contribution >= 4 is 15.9 Å². The number of hydrogen-bond acceptors (Lipinski definition) is 4. The zero-order valence-electron chi connectivity index (χ0n) is 13.0. The van der Waals surface area contributed by atoms with Gasteiger partial charge in [0.15, 0.2) is 0 Å². The molecule has 2 saturated heterocycles. The minimum absolute atomic E-state index is 0.0347. The number of nitrogens with zero attached hydrogens (tertiary/aromatic N) is 2. The molecule has 0 saturated carbocycles. The molecule has 0 bridgehead atoms. The third-order valence-corrected chi connectivity index (χ3v) is 6.47. The van der Waals surface area contributed by atoms with Crippen molar-refractivity contribution in [1.29, 1.82) is 0 Å². The maximum Gasteiger partial charge on any atom is 0.253 e. The molecule has 2 aliphatic heterocycles. The van der Waals surface area contributed by atoms with E-state index in [-0.39, 0.29) is 10.8 Å². The highest BCUT2D eigenvalue weighted by atomic mass is 32.2. The first-order valence-corrected chi connectivity index (χ1v) is 9.50. The van der Waals surface area contributed by atoms with Crippen LogP contribution in [-0.4, -0.2) is 60.9 Å². The summed E-state index contributed by atoms with van der Waals surface area (Å²) in [7, 11) is -3.55. The van der Waals surface area contributed by atoms with Crippen molar-refractivity contribution < 1.29 is 18.3 Å². The lowest BCUT2D eigenvalue weighted by atomic mass is 10.1. The number of piperidine rings is 1. The van der Waals surface area contributed by atoms with E-state index in [9.17, 15) is 18.3 Å². The quantitative estimate of drug-likeness (QED) is 0.894. The summed E-state index contributed by atoms with van der Waals surface area (Å²) < 4.78 is 26.6. The summed E-state index contributed by atoms with van der Waals surface area (Å²) in [6.45, 7) is 2.21. The third kappa shape index (κ3) is 3.41. The summed E-state index contributed by atoms with van der Waals surface area (Å²) in [6, 6.07) is 6.19. The molecule has 126 valence electrons. The number of amides is 1. The van der Waals surface area contributed by atoms with Crippen molar-refractivity contribution in [3.8, 4) is 0 Å². The van der Waals surface area contributed by atoms with Gasteiger partial charge >= 0.3 is 0 Å². The van der Waals surface area contributed by atoms with Gasteiger partial charge in [0.2, 0.25) is 10.0 Å². The molecule has 2 fully saturated rings. The van der Waals surface area contributed by atoms with Crippen LogP contribution >= 0.6 is 0 Å². The molecule has 3 rings (SSSR count). The number of carbonyl (C=O) groups is 1. The van der Waals surface area contributed by atoms with Gasteiger partial charge in [-0.1, -0.05) is 0 Å². The molecule has 0 aromatic heterocycles. The fourth-order valence-corrected chi connectivity index (χ4v) is 4.57. The second kappa shape index (κ2) is 6.59. The average molecular weight is 338 g/mol. The molecular formula is C16H22N2O4S. The van der Waals surface area contributed by atoms with E-state index in [1.165, 1.54) is 16.4 Å². The lowest BCUT2D eigenvalue weighted by Gasteiger charge is -2.28. The summed E-state index contributed by atoms with van der Waals surface area (Å²) in [5.74, 6) is -0.0347. The number of aliphatic hydroxyl groups is 1. The summed E-state index contributed by atoms with van der Waals surface area (Å²) in [6.07, 6.45) is 2.56. The largest absolute Gasteiger partial charge is 0.393 e. The molecule has 1 amide bonds. The van der Waals surface area contributed by atoms with Gasteiger partial charge < -0.3 is 10.0 Å². The van der Waals surface area contributed by atoms with Gasteiger partial charge in [-0.3, -0.25) is 4.79 Å². The maximum absolute atomic E-state index is 12.6. The number of likely N-dealkylation sites (tertiary alicyclic amines) is 1. The minimum Gasteiger partial charge on any atom is -0.393 e. The van der Waals surface area contributed by atoms with Gasteiger partial charge in [-0.25, -0.2) is 8.42 Å². The van der Waals surface area contributed by atoms with Crippen molar-refractivity contribution in [3.63, 3.8) is 0 Å². The predicted octanol–water partition coefficient (Wildman–Crippen LogP) is 1.07. The fraction of sp³-hybridized carbons (Fsp3) is 0.562. The molecule has 1 aromatic rings. The summed E-state index contributed by atoms with van der Waals surface area (Å²) in [5, 5.41) is 9.50. The molecule has 0 radical (unpaired) electrons. The van der Waals surface area contributed by atoms with E-state index < -0.39 is 16.1 Å². The first-order valence-electron chi connectivity index (χ1n) is 8.06. The van der Waals surface area contributed by atoms with Gasteiger partial charge in [-0.2, -0.15) is 4.31 Å². The number of aliphatic hydroxyl groups excluding tert-OH is 1. The van der Waals surface area contributed by atoms with E-state index in [4.69, 9.17) is 0 Å². The first kappa shape index (κ1) is 16.4. The Kier molecular flexibility index (Phi) is 4.70. The van der Waals surface area contributed by atoms with Gasteiger partial charge in [0.05, 0.1) is 11.0 Å². The molecule has 0 unspecified atom stereocenters. The highest BCUT2D eigenvalue weighted by Crippen LogP contribution is 2.22. The van der Waals surface area contributed by atoms with Crippen molar-refractivity contribution in [2.45, 2.75) is 36.7 Å². The van der Waals surface area contributed by atoms with E-state index in [1.54, 1.807) is 17.0 Å². The van der Waals surface area contributed by atoms with E-state index in [2.05, 4.69) is 0 Å². The van der Waals surface area contributed by atoms with Crippen LogP contribution in [0.25, 0.3) is 0 Å². The molecule has 0 atom stereocenters. The smallest absolute Gasteiger partial charge is 0.253 e. The SMILES string of the molecule is O=C(c1ccc(S(=O)(=O)N2CCC(O)CC2)cc1)N1CCCC1. The van der Waals surface area contributed by atoms with Crippen LogP contribution in [0.3, 0.4) is 0 Å². The zero-order chi connectivity index (χ0) is 16.4. The van der Waals surface area contributed by atoms with Crippen molar-refractivity contribution in [1.82, 2.24) is 9.21 Å². The van der Waals surface area contributed by atoms with E-state index in [0.29, 0.717) is 31.5 Å². The predicted molar refractivity (Wildman–Crippen MR) is 85.6 cm³/mol. The summed E-state index contributed by atoms with van der Waals surface area (Å²) >= 11 is 0. The second-order valence-electron chi connectivity index (χ2n) is 6.16. The Morgan fingerprint density at radius 3 is 2.13 bits per heavy atom. The standard InChI is InChI=1S/C16H22N2O4S/c19-14-7-11-18(12-8-14)23(21,22)15-5-3-13(4-6-15)16(20)17-9-1-2-10-17/h3-6,14,19H,1-2,7-12H2. The van der Waals surface area contributed by atoms with Gasteiger partial charge in [0.1, 0.15) is 0 Å². The molecule has 23 heavy (non-hydrogen) atoms. The lowest BCUT2D eigenvalue weighted by molar-refractivity contribution is 0.0792. The first-order chi connectivity index (χ1) is 11.0. The van der Waals surface area contributed by atoms with Crippen LogP contribution in [0.5, 0.6) is 0 Å². The van der Waals surface area contributed by atoms with Crippen molar-refractivity contribution in [2.75, 3.05) is 26.2 Å². The topological polar surface area (TPSA) is 77.9 Å². The van der Waals surface area contributed by atoms with Gasteiger partial charge in [-0.05, 0) is 49.9 Å². The van der Waals surface area contributed by atoms with Crippen LogP contribution < -0.4 is 0 Å². The maximum atomic E-state index is 12.6. The van der Waals surface area contributed by atoms with E-state index >= 15 is 0 Å². The Morgan fingerprint density at radius 1 is 1.00 bits per heavy atom. The summed E-state index contributed by atoms with van der Waals surface area (Å²) in [4.78, 5) is 14.3. The number of carbonyl (C=O) groups excluding carboxylic acids is 1.